The monoisotopic (exact) mass is 318 g/mol. The van der Waals surface area contributed by atoms with Crippen LogP contribution in [0.15, 0.2) is 53.5 Å². The van der Waals surface area contributed by atoms with E-state index in [2.05, 4.69) is 24.9 Å². The molecule has 5 nitrogen and oxygen atoms in total. The topological polar surface area (TPSA) is 52.2 Å². The van der Waals surface area contributed by atoms with Crippen molar-refractivity contribution < 1.29 is 0 Å². The maximum absolute atomic E-state index is 12.5. The predicted octanol–water partition coefficient (Wildman–Crippen LogP) is 3.37. The van der Waals surface area contributed by atoms with E-state index in [0.29, 0.717) is 11.3 Å². The van der Waals surface area contributed by atoms with Gasteiger partial charge in [0.2, 0.25) is 0 Å². The molecule has 0 amide bonds. The third kappa shape index (κ3) is 2.12. The molecule has 4 aromatic rings. The van der Waals surface area contributed by atoms with E-state index in [0.717, 1.165) is 28.1 Å². The zero-order chi connectivity index (χ0) is 16.8. The number of hydrogen-bond donors (Lipinski definition) is 0. The lowest BCUT2D eigenvalue weighted by molar-refractivity contribution is 0.823. The minimum absolute atomic E-state index is 0.0119. The Balaban J connectivity index is 2.03. The molecule has 120 valence electrons. The minimum atomic E-state index is -0.0119. The average Bonchev–Trinajstić information content (AvgIpc) is 3.05. The summed E-state index contributed by atoms with van der Waals surface area (Å²) in [5, 5.41) is 5.41. The summed E-state index contributed by atoms with van der Waals surface area (Å²) in [5.74, 6) is 0.354. The van der Waals surface area contributed by atoms with Crippen molar-refractivity contribution in [1.29, 1.82) is 0 Å². The number of pyridine rings is 1. The van der Waals surface area contributed by atoms with Crippen LogP contribution < -0.4 is 5.56 Å². The molecule has 0 aliphatic heterocycles. The van der Waals surface area contributed by atoms with Crippen molar-refractivity contribution in [3.63, 3.8) is 0 Å². The third-order valence-electron chi connectivity index (χ3n) is 4.37. The first-order valence-corrected chi connectivity index (χ1v) is 8.00. The molecule has 3 heterocycles. The smallest absolute Gasteiger partial charge is 0.261 e. The van der Waals surface area contributed by atoms with Crippen molar-refractivity contribution in [2.75, 3.05) is 0 Å². The summed E-state index contributed by atoms with van der Waals surface area (Å²) in [4.78, 5) is 17.0. The van der Waals surface area contributed by atoms with Crippen LogP contribution in [0.5, 0.6) is 0 Å². The second kappa shape index (κ2) is 5.30. The van der Waals surface area contributed by atoms with Gasteiger partial charge in [-0.05, 0) is 30.2 Å². The van der Waals surface area contributed by atoms with Crippen LogP contribution in [0.1, 0.15) is 25.5 Å². The molecule has 0 unspecified atom stereocenters. The summed E-state index contributed by atoms with van der Waals surface area (Å²) >= 11 is 0. The van der Waals surface area contributed by atoms with E-state index in [1.165, 1.54) is 0 Å². The Bertz CT molecular complexity index is 1120. The first-order chi connectivity index (χ1) is 11.6. The maximum atomic E-state index is 12.5. The van der Waals surface area contributed by atoms with Crippen LogP contribution in [0, 0.1) is 0 Å². The van der Waals surface area contributed by atoms with E-state index in [-0.39, 0.29) is 5.56 Å². The number of aromatic nitrogens is 4. The molecule has 4 rings (SSSR count). The molecule has 0 atom stereocenters. The van der Waals surface area contributed by atoms with Gasteiger partial charge >= 0.3 is 0 Å². The highest BCUT2D eigenvalue weighted by Gasteiger charge is 2.13. The molecular weight excluding hydrogens is 300 g/mol. The van der Waals surface area contributed by atoms with Crippen molar-refractivity contribution in [2.45, 2.75) is 19.8 Å². The number of rotatable bonds is 2. The van der Waals surface area contributed by atoms with Gasteiger partial charge in [-0.25, -0.2) is 4.52 Å². The number of nitrogens with zero attached hydrogens (tertiary/aromatic N) is 4. The molecule has 0 N–H and O–H groups in total. The van der Waals surface area contributed by atoms with Gasteiger partial charge in [0, 0.05) is 30.6 Å². The van der Waals surface area contributed by atoms with Crippen molar-refractivity contribution in [3.8, 4) is 11.3 Å². The van der Waals surface area contributed by atoms with Crippen molar-refractivity contribution in [3.05, 3.63) is 64.7 Å². The Morgan fingerprint density at radius 2 is 1.88 bits per heavy atom. The fourth-order valence-electron chi connectivity index (χ4n) is 2.98. The van der Waals surface area contributed by atoms with Gasteiger partial charge in [-0.3, -0.25) is 14.3 Å². The van der Waals surface area contributed by atoms with Gasteiger partial charge in [0.25, 0.3) is 5.56 Å². The van der Waals surface area contributed by atoms with E-state index in [1.807, 2.05) is 47.1 Å². The van der Waals surface area contributed by atoms with Gasteiger partial charge in [0.1, 0.15) is 5.65 Å². The molecular formula is C19H18N4O. The Labute approximate surface area is 139 Å². The highest BCUT2D eigenvalue weighted by Crippen LogP contribution is 2.23. The lowest BCUT2D eigenvalue weighted by Crippen LogP contribution is -2.19. The van der Waals surface area contributed by atoms with Crippen LogP contribution in [0.3, 0.4) is 0 Å². The van der Waals surface area contributed by atoms with Gasteiger partial charge in [-0.1, -0.05) is 26.0 Å². The lowest BCUT2D eigenvalue weighted by atomic mass is 10.1. The van der Waals surface area contributed by atoms with Crippen LogP contribution in [-0.4, -0.2) is 19.2 Å². The SMILES string of the molecule is CC(C)c1cc(-c2cc3n(C)c(=O)c4ccccc4n3n2)ccn1. The first-order valence-electron chi connectivity index (χ1n) is 8.00. The van der Waals surface area contributed by atoms with E-state index < -0.39 is 0 Å². The van der Waals surface area contributed by atoms with Crippen LogP contribution in [-0.2, 0) is 7.05 Å². The van der Waals surface area contributed by atoms with Gasteiger partial charge in [0.05, 0.1) is 16.6 Å². The number of fused-ring (bicyclic) bond motifs is 3. The van der Waals surface area contributed by atoms with E-state index in [9.17, 15) is 4.79 Å². The number of hydrogen-bond acceptors (Lipinski definition) is 3. The Hall–Kier alpha value is -2.95. The summed E-state index contributed by atoms with van der Waals surface area (Å²) < 4.78 is 3.48. The predicted molar refractivity (Wildman–Crippen MR) is 95.3 cm³/mol. The summed E-state index contributed by atoms with van der Waals surface area (Å²) in [7, 11) is 1.78. The van der Waals surface area contributed by atoms with Gasteiger partial charge in [-0.15, -0.1) is 0 Å². The largest absolute Gasteiger partial charge is 0.296 e. The normalized spacial score (nSPS) is 11.7. The molecule has 0 saturated heterocycles. The molecule has 0 aliphatic carbocycles. The molecule has 0 bridgehead atoms. The molecule has 24 heavy (non-hydrogen) atoms. The van der Waals surface area contributed by atoms with Crippen LogP contribution >= 0.6 is 0 Å². The lowest BCUT2D eigenvalue weighted by Gasteiger charge is -2.05. The summed E-state index contributed by atoms with van der Waals surface area (Å²) in [5.41, 5.74) is 4.46. The molecule has 0 fully saturated rings. The second-order valence-electron chi connectivity index (χ2n) is 6.30. The van der Waals surface area contributed by atoms with Crippen LogP contribution in [0.25, 0.3) is 27.8 Å². The highest BCUT2D eigenvalue weighted by molar-refractivity contribution is 5.81. The molecule has 3 aromatic heterocycles. The van der Waals surface area contributed by atoms with Gasteiger partial charge in [0.15, 0.2) is 0 Å². The molecule has 0 radical (unpaired) electrons. The minimum Gasteiger partial charge on any atom is -0.296 e. The third-order valence-corrected chi connectivity index (χ3v) is 4.37. The Kier molecular flexibility index (Phi) is 3.23. The summed E-state index contributed by atoms with van der Waals surface area (Å²) in [6.45, 7) is 4.24. The van der Waals surface area contributed by atoms with Crippen molar-refractivity contribution >= 4 is 16.6 Å². The molecule has 1 aromatic carbocycles. The van der Waals surface area contributed by atoms with E-state index >= 15 is 0 Å². The van der Waals surface area contributed by atoms with Crippen LogP contribution in [0.2, 0.25) is 0 Å². The van der Waals surface area contributed by atoms with Gasteiger partial charge in [-0.2, -0.15) is 5.10 Å². The number of benzene rings is 1. The fourth-order valence-corrected chi connectivity index (χ4v) is 2.98. The van der Waals surface area contributed by atoms with E-state index in [4.69, 9.17) is 5.10 Å². The Morgan fingerprint density at radius 1 is 1.08 bits per heavy atom. The zero-order valence-corrected chi connectivity index (χ0v) is 13.9. The fraction of sp³-hybridized carbons (Fsp3) is 0.211. The molecule has 0 spiro atoms. The molecule has 0 saturated carbocycles. The summed E-state index contributed by atoms with van der Waals surface area (Å²) in [6, 6.07) is 13.5. The number of aryl methyl sites for hydroxylation is 1. The highest BCUT2D eigenvalue weighted by atomic mass is 16.1. The molecule has 0 aliphatic rings. The van der Waals surface area contributed by atoms with E-state index in [1.54, 1.807) is 11.6 Å². The quantitative estimate of drug-likeness (QED) is 0.569. The maximum Gasteiger partial charge on any atom is 0.261 e. The van der Waals surface area contributed by atoms with Crippen molar-refractivity contribution in [1.82, 2.24) is 19.2 Å². The first kappa shape index (κ1) is 14.6. The standard InChI is InChI=1S/C19H18N4O/c1-12(2)15-10-13(8-9-20-15)16-11-18-22(3)19(24)14-6-4-5-7-17(14)23(18)21-16/h4-12H,1-3H3. The van der Waals surface area contributed by atoms with Crippen LogP contribution in [0.4, 0.5) is 0 Å². The number of para-hydroxylation sites is 1. The zero-order valence-electron chi connectivity index (χ0n) is 13.9. The average molecular weight is 318 g/mol. The summed E-state index contributed by atoms with van der Waals surface area (Å²) in [6.07, 6.45) is 1.81. The Morgan fingerprint density at radius 3 is 2.67 bits per heavy atom. The second-order valence-corrected chi connectivity index (χ2v) is 6.30. The van der Waals surface area contributed by atoms with Gasteiger partial charge < -0.3 is 0 Å². The molecule has 5 heteroatoms. The van der Waals surface area contributed by atoms with Crippen molar-refractivity contribution in [2.24, 2.45) is 7.05 Å².